The molecule has 0 aliphatic rings. The molecule has 0 unspecified atom stereocenters. The van der Waals surface area contributed by atoms with Crippen molar-refractivity contribution in [3.05, 3.63) is 52.4 Å². The molecule has 0 N–H and O–H groups in total. The molecule has 0 bridgehead atoms. The first-order valence-corrected chi connectivity index (χ1v) is 6.66. The van der Waals surface area contributed by atoms with Gasteiger partial charge in [-0.25, -0.2) is 0 Å². The highest BCUT2D eigenvalue weighted by Crippen LogP contribution is 2.26. The second-order valence-electron chi connectivity index (χ2n) is 4.19. The highest BCUT2D eigenvalue weighted by atomic mass is 35.5. The normalized spacial score (nSPS) is 10.3. The smallest absolute Gasteiger partial charge is 0.260 e. The lowest BCUT2D eigenvalue weighted by Crippen LogP contribution is -2.30. The monoisotopic (exact) mass is 313 g/mol. The molecular weight excluding hydrogens is 301 g/mol. The Labute approximate surface area is 126 Å². The molecule has 0 aliphatic carbocycles. The van der Waals surface area contributed by atoms with Gasteiger partial charge in [0.05, 0.1) is 22.9 Å². The quantitative estimate of drug-likeness (QED) is 0.846. The Hall–Kier alpha value is -1.65. The second-order valence-corrected chi connectivity index (χ2v) is 5.01. The first-order valence-electron chi connectivity index (χ1n) is 5.90. The van der Waals surface area contributed by atoms with Crippen molar-refractivity contribution in [1.29, 1.82) is 0 Å². The van der Waals surface area contributed by atoms with Crippen LogP contribution in [0.4, 0.5) is 0 Å². The SMILES string of the molecule is CN(Cc1ccco1)C(=O)COc1ccc(Cl)c(Cl)c1. The summed E-state index contributed by atoms with van der Waals surface area (Å²) in [6.07, 6.45) is 1.57. The number of amides is 1. The number of rotatable bonds is 5. The molecule has 0 spiro atoms. The number of benzene rings is 1. The van der Waals surface area contributed by atoms with Crippen LogP contribution in [0.2, 0.25) is 10.0 Å². The van der Waals surface area contributed by atoms with E-state index in [1.807, 2.05) is 6.07 Å². The van der Waals surface area contributed by atoms with E-state index in [2.05, 4.69) is 0 Å². The zero-order valence-corrected chi connectivity index (χ0v) is 12.3. The van der Waals surface area contributed by atoms with Crippen molar-refractivity contribution in [2.24, 2.45) is 0 Å². The number of ether oxygens (including phenoxy) is 1. The Morgan fingerprint density at radius 3 is 2.75 bits per heavy atom. The molecule has 2 rings (SSSR count). The number of hydrogen-bond donors (Lipinski definition) is 0. The van der Waals surface area contributed by atoms with Crippen LogP contribution >= 0.6 is 23.2 Å². The number of carbonyl (C=O) groups is 1. The lowest BCUT2D eigenvalue weighted by molar-refractivity contribution is -0.132. The molecule has 0 aliphatic heterocycles. The maximum Gasteiger partial charge on any atom is 0.260 e. The molecule has 1 aromatic heterocycles. The predicted octanol–water partition coefficient (Wildman–Crippen LogP) is 3.62. The highest BCUT2D eigenvalue weighted by molar-refractivity contribution is 6.42. The third kappa shape index (κ3) is 3.92. The lowest BCUT2D eigenvalue weighted by Gasteiger charge is -2.16. The topological polar surface area (TPSA) is 42.7 Å². The molecule has 1 amide bonds. The van der Waals surface area contributed by atoms with Gasteiger partial charge in [-0.1, -0.05) is 23.2 Å². The van der Waals surface area contributed by atoms with Gasteiger partial charge >= 0.3 is 0 Å². The molecule has 0 radical (unpaired) electrons. The lowest BCUT2D eigenvalue weighted by atomic mass is 10.3. The number of halogens is 2. The van der Waals surface area contributed by atoms with Crippen LogP contribution < -0.4 is 4.74 Å². The highest BCUT2D eigenvalue weighted by Gasteiger charge is 2.11. The van der Waals surface area contributed by atoms with Crippen LogP contribution in [0.3, 0.4) is 0 Å². The van der Waals surface area contributed by atoms with Gasteiger partial charge < -0.3 is 14.1 Å². The van der Waals surface area contributed by atoms with E-state index in [-0.39, 0.29) is 12.5 Å². The first-order chi connectivity index (χ1) is 9.56. The van der Waals surface area contributed by atoms with E-state index in [0.717, 1.165) is 5.76 Å². The summed E-state index contributed by atoms with van der Waals surface area (Å²) in [5.74, 6) is 1.06. The number of hydrogen-bond acceptors (Lipinski definition) is 3. The Balaban J connectivity index is 1.86. The summed E-state index contributed by atoms with van der Waals surface area (Å²) in [7, 11) is 1.68. The summed E-state index contributed by atoms with van der Waals surface area (Å²) >= 11 is 11.7. The fraction of sp³-hybridized carbons (Fsp3) is 0.214. The summed E-state index contributed by atoms with van der Waals surface area (Å²) in [6.45, 7) is 0.325. The predicted molar refractivity (Wildman–Crippen MR) is 77.1 cm³/mol. The van der Waals surface area contributed by atoms with E-state index in [0.29, 0.717) is 22.3 Å². The van der Waals surface area contributed by atoms with Gasteiger partial charge in [-0.15, -0.1) is 0 Å². The van der Waals surface area contributed by atoms with Crippen LogP contribution in [-0.4, -0.2) is 24.5 Å². The van der Waals surface area contributed by atoms with Crippen LogP contribution in [0.25, 0.3) is 0 Å². The summed E-state index contributed by atoms with van der Waals surface area (Å²) in [6, 6.07) is 8.44. The zero-order valence-electron chi connectivity index (χ0n) is 10.8. The number of nitrogens with zero attached hydrogens (tertiary/aromatic N) is 1. The average Bonchev–Trinajstić information content (AvgIpc) is 2.92. The third-order valence-corrected chi connectivity index (χ3v) is 3.39. The van der Waals surface area contributed by atoms with Crippen LogP contribution in [0.5, 0.6) is 5.75 Å². The van der Waals surface area contributed by atoms with Crippen LogP contribution in [0.15, 0.2) is 41.0 Å². The Morgan fingerprint density at radius 1 is 1.30 bits per heavy atom. The molecule has 0 saturated carbocycles. The van der Waals surface area contributed by atoms with Crippen LogP contribution in [0.1, 0.15) is 5.76 Å². The maximum atomic E-state index is 11.9. The fourth-order valence-corrected chi connectivity index (χ4v) is 1.83. The summed E-state index contributed by atoms with van der Waals surface area (Å²) in [5.41, 5.74) is 0. The van der Waals surface area contributed by atoms with Crippen molar-refractivity contribution in [1.82, 2.24) is 4.90 Å². The number of likely N-dealkylation sites (N-methyl/N-ethyl adjacent to an activating group) is 1. The van der Waals surface area contributed by atoms with Crippen molar-refractivity contribution >= 4 is 29.1 Å². The van der Waals surface area contributed by atoms with Gasteiger partial charge in [0.2, 0.25) is 0 Å². The molecule has 6 heteroatoms. The van der Waals surface area contributed by atoms with Gasteiger partial charge in [-0.3, -0.25) is 4.79 Å². The standard InChI is InChI=1S/C14H13Cl2NO3/c1-17(8-11-3-2-6-19-11)14(18)9-20-10-4-5-12(15)13(16)7-10/h2-7H,8-9H2,1H3. The van der Waals surface area contributed by atoms with Gasteiger partial charge in [0.1, 0.15) is 11.5 Å². The van der Waals surface area contributed by atoms with Crippen LogP contribution in [0, 0.1) is 0 Å². The minimum absolute atomic E-state index is 0.0742. The molecule has 0 fully saturated rings. The van der Waals surface area contributed by atoms with Gasteiger partial charge in [-0.05, 0) is 24.3 Å². The molecule has 2 aromatic rings. The van der Waals surface area contributed by atoms with Gasteiger partial charge in [0.25, 0.3) is 5.91 Å². The van der Waals surface area contributed by atoms with Gasteiger partial charge in [0, 0.05) is 13.1 Å². The third-order valence-electron chi connectivity index (χ3n) is 2.65. The molecular formula is C14H13Cl2NO3. The number of carbonyl (C=O) groups excluding carboxylic acids is 1. The van der Waals surface area contributed by atoms with Crippen molar-refractivity contribution in [3.63, 3.8) is 0 Å². The fourth-order valence-electron chi connectivity index (χ4n) is 1.55. The van der Waals surface area contributed by atoms with Crippen molar-refractivity contribution in [3.8, 4) is 5.75 Å². The molecule has 20 heavy (non-hydrogen) atoms. The molecule has 0 saturated heterocycles. The van der Waals surface area contributed by atoms with E-state index in [1.165, 1.54) is 4.90 Å². The van der Waals surface area contributed by atoms with E-state index in [9.17, 15) is 4.79 Å². The van der Waals surface area contributed by atoms with Crippen LogP contribution in [-0.2, 0) is 11.3 Å². The van der Waals surface area contributed by atoms with E-state index in [1.54, 1.807) is 37.6 Å². The van der Waals surface area contributed by atoms with Gasteiger partial charge in [0.15, 0.2) is 6.61 Å². The van der Waals surface area contributed by atoms with Crippen molar-refractivity contribution in [2.45, 2.75) is 6.54 Å². The first kappa shape index (κ1) is 14.8. The zero-order chi connectivity index (χ0) is 14.5. The summed E-state index contributed by atoms with van der Waals surface area (Å²) in [5, 5.41) is 0.834. The van der Waals surface area contributed by atoms with Crippen molar-refractivity contribution < 1.29 is 13.9 Å². The van der Waals surface area contributed by atoms with E-state index < -0.39 is 0 Å². The Bertz CT molecular complexity index is 584. The number of furan rings is 1. The minimum atomic E-state index is -0.160. The minimum Gasteiger partial charge on any atom is -0.484 e. The second kappa shape index (κ2) is 6.68. The van der Waals surface area contributed by atoms with Crippen molar-refractivity contribution in [2.75, 3.05) is 13.7 Å². The maximum absolute atomic E-state index is 11.9. The van der Waals surface area contributed by atoms with E-state index >= 15 is 0 Å². The Kier molecular flexibility index (Phi) is 4.93. The molecule has 106 valence electrons. The van der Waals surface area contributed by atoms with Gasteiger partial charge in [-0.2, -0.15) is 0 Å². The Morgan fingerprint density at radius 2 is 2.10 bits per heavy atom. The molecule has 0 atom stereocenters. The molecule has 4 nitrogen and oxygen atoms in total. The average molecular weight is 314 g/mol. The summed E-state index contributed by atoms with van der Waals surface area (Å²) in [4.78, 5) is 13.4. The largest absolute Gasteiger partial charge is 0.484 e. The summed E-state index contributed by atoms with van der Waals surface area (Å²) < 4.78 is 10.6. The molecule has 1 aromatic carbocycles. The molecule has 1 heterocycles. The van der Waals surface area contributed by atoms with E-state index in [4.69, 9.17) is 32.4 Å².